The SMILES string of the molecule is O=C(Nc1ccc(CN2CCN(c3ccccn3)CC2)cc1)c1ccc(F)c(F)c1. The summed E-state index contributed by atoms with van der Waals surface area (Å²) < 4.78 is 26.3. The topological polar surface area (TPSA) is 48.5 Å². The van der Waals surface area contributed by atoms with Crippen LogP contribution >= 0.6 is 0 Å². The highest BCUT2D eigenvalue weighted by Gasteiger charge is 2.18. The summed E-state index contributed by atoms with van der Waals surface area (Å²) in [5.41, 5.74) is 1.82. The van der Waals surface area contributed by atoms with Crippen molar-refractivity contribution in [1.29, 1.82) is 0 Å². The average molecular weight is 408 g/mol. The van der Waals surface area contributed by atoms with Crippen LogP contribution in [0, 0.1) is 11.6 Å². The summed E-state index contributed by atoms with van der Waals surface area (Å²) in [6, 6.07) is 16.6. The van der Waals surface area contributed by atoms with Gasteiger partial charge in [0.05, 0.1) is 0 Å². The van der Waals surface area contributed by atoms with Crippen LogP contribution < -0.4 is 10.2 Å². The highest BCUT2D eigenvalue weighted by molar-refractivity contribution is 6.04. The Balaban J connectivity index is 1.30. The van der Waals surface area contributed by atoms with Gasteiger partial charge in [-0.3, -0.25) is 9.69 Å². The Morgan fingerprint density at radius 2 is 1.70 bits per heavy atom. The molecule has 5 nitrogen and oxygen atoms in total. The molecule has 0 unspecified atom stereocenters. The molecule has 1 N–H and O–H groups in total. The van der Waals surface area contributed by atoms with E-state index in [1.807, 2.05) is 48.7 Å². The number of piperazine rings is 1. The van der Waals surface area contributed by atoms with Crippen molar-refractivity contribution in [2.45, 2.75) is 6.54 Å². The van der Waals surface area contributed by atoms with Gasteiger partial charge in [-0.2, -0.15) is 0 Å². The van der Waals surface area contributed by atoms with Gasteiger partial charge in [-0.05, 0) is 48.0 Å². The first-order chi connectivity index (χ1) is 14.6. The van der Waals surface area contributed by atoms with E-state index in [4.69, 9.17) is 0 Å². The third kappa shape index (κ3) is 4.80. The first-order valence-corrected chi connectivity index (χ1v) is 9.82. The number of amides is 1. The molecular weight excluding hydrogens is 386 g/mol. The van der Waals surface area contributed by atoms with Crippen molar-refractivity contribution in [2.75, 3.05) is 36.4 Å². The van der Waals surface area contributed by atoms with Crippen LogP contribution in [0.3, 0.4) is 0 Å². The largest absolute Gasteiger partial charge is 0.354 e. The zero-order valence-corrected chi connectivity index (χ0v) is 16.4. The van der Waals surface area contributed by atoms with E-state index in [2.05, 4.69) is 20.1 Å². The quantitative estimate of drug-likeness (QED) is 0.695. The normalized spacial score (nSPS) is 14.5. The monoisotopic (exact) mass is 408 g/mol. The number of carbonyl (C=O) groups is 1. The molecule has 0 spiro atoms. The minimum atomic E-state index is -1.04. The molecule has 0 radical (unpaired) electrons. The predicted molar refractivity (Wildman–Crippen MR) is 112 cm³/mol. The van der Waals surface area contributed by atoms with E-state index in [0.29, 0.717) is 5.69 Å². The van der Waals surface area contributed by atoms with Crippen molar-refractivity contribution in [3.8, 4) is 0 Å². The summed E-state index contributed by atoms with van der Waals surface area (Å²) in [6.07, 6.45) is 1.81. The molecule has 1 amide bonds. The van der Waals surface area contributed by atoms with Crippen molar-refractivity contribution in [2.24, 2.45) is 0 Å². The standard InChI is InChI=1S/C23H22F2N4O/c24-20-9-6-18(15-21(20)25)23(30)27-19-7-4-17(5-8-19)16-28-11-13-29(14-12-28)22-3-1-2-10-26-22/h1-10,15H,11-14,16H2,(H,27,30). The number of aromatic nitrogens is 1. The van der Waals surface area contributed by atoms with Crippen LogP contribution in [-0.4, -0.2) is 42.0 Å². The van der Waals surface area contributed by atoms with E-state index in [1.165, 1.54) is 6.07 Å². The van der Waals surface area contributed by atoms with Crippen molar-refractivity contribution >= 4 is 17.4 Å². The molecule has 0 bridgehead atoms. The molecule has 1 aliphatic heterocycles. The number of halogens is 2. The van der Waals surface area contributed by atoms with Crippen LogP contribution in [-0.2, 0) is 6.54 Å². The Bertz CT molecular complexity index is 1000. The molecule has 2 heterocycles. The van der Waals surface area contributed by atoms with Crippen LogP contribution in [0.5, 0.6) is 0 Å². The van der Waals surface area contributed by atoms with E-state index >= 15 is 0 Å². The van der Waals surface area contributed by atoms with Crippen molar-refractivity contribution in [1.82, 2.24) is 9.88 Å². The third-order valence-corrected chi connectivity index (χ3v) is 5.15. The molecule has 7 heteroatoms. The molecule has 4 rings (SSSR count). The van der Waals surface area contributed by atoms with E-state index in [1.54, 1.807) is 0 Å². The second kappa shape index (κ2) is 9.00. The zero-order valence-electron chi connectivity index (χ0n) is 16.4. The number of hydrogen-bond acceptors (Lipinski definition) is 4. The van der Waals surface area contributed by atoms with Gasteiger partial charge < -0.3 is 10.2 Å². The maximum Gasteiger partial charge on any atom is 0.255 e. The average Bonchev–Trinajstić information content (AvgIpc) is 2.78. The number of anilines is 2. The Morgan fingerprint density at radius 3 is 2.37 bits per heavy atom. The molecule has 0 saturated carbocycles. The summed E-state index contributed by atoms with van der Waals surface area (Å²) in [6.45, 7) is 4.59. The molecule has 1 aliphatic rings. The van der Waals surface area contributed by atoms with Gasteiger partial charge in [0, 0.05) is 50.2 Å². The number of rotatable bonds is 5. The van der Waals surface area contributed by atoms with E-state index < -0.39 is 17.5 Å². The molecule has 1 saturated heterocycles. The number of hydrogen-bond donors (Lipinski definition) is 1. The van der Waals surface area contributed by atoms with E-state index in [0.717, 1.165) is 56.2 Å². The number of benzene rings is 2. The van der Waals surface area contributed by atoms with Gasteiger partial charge >= 0.3 is 0 Å². The van der Waals surface area contributed by atoms with Crippen LogP contribution in [0.15, 0.2) is 66.9 Å². The Labute approximate surface area is 174 Å². The van der Waals surface area contributed by atoms with Crippen molar-refractivity contribution < 1.29 is 13.6 Å². The fourth-order valence-corrected chi connectivity index (χ4v) is 3.47. The van der Waals surface area contributed by atoms with Crippen molar-refractivity contribution in [3.05, 3.63) is 89.6 Å². The van der Waals surface area contributed by atoms with Gasteiger partial charge in [0.2, 0.25) is 0 Å². The molecule has 30 heavy (non-hydrogen) atoms. The molecule has 3 aromatic rings. The predicted octanol–water partition coefficient (Wildman–Crippen LogP) is 3.93. The highest BCUT2D eigenvalue weighted by Crippen LogP contribution is 2.17. The zero-order chi connectivity index (χ0) is 20.9. The number of pyridine rings is 1. The van der Waals surface area contributed by atoms with Crippen LogP contribution in [0.1, 0.15) is 15.9 Å². The molecule has 154 valence electrons. The smallest absolute Gasteiger partial charge is 0.255 e. The third-order valence-electron chi connectivity index (χ3n) is 5.15. The van der Waals surface area contributed by atoms with Gasteiger partial charge in [-0.1, -0.05) is 18.2 Å². The summed E-state index contributed by atoms with van der Waals surface area (Å²) in [7, 11) is 0. The summed E-state index contributed by atoms with van der Waals surface area (Å²) in [5, 5.41) is 2.70. The summed E-state index contributed by atoms with van der Waals surface area (Å²) >= 11 is 0. The first kappa shape index (κ1) is 20.0. The van der Waals surface area contributed by atoms with Gasteiger partial charge in [0.25, 0.3) is 5.91 Å². The molecule has 2 aromatic carbocycles. The Morgan fingerprint density at radius 1 is 0.933 bits per heavy atom. The van der Waals surface area contributed by atoms with Crippen molar-refractivity contribution in [3.63, 3.8) is 0 Å². The van der Waals surface area contributed by atoms with Gasteiger partial charge in [0.1, 0.15) is 5.82 Å². The summed E-state index contributed by atoms with van der Waals surface area (Å²) in [4.78, 5) is 21.3. The maximum atomic E-state index is 13.3. The number of carbonyl (C=O) groups excluding carboxylic acids is 1. The Kier molecular flexibility index (Phi) is 5.99. The van der Waals surface area contributed by atoms with Crippen LogP contribution in [0.25, 0.3) is 0 Å². The lowest BCUT2D eigenvalue weighted by Gasteiger charge is -2.35. The number of nitrogens with one attached hydrogen (secondary N) is 1. The second-order valence-corrected chi connectivity index (χ2v) is 7.23. The lowest BCUT2D eigenvalue weighted by Crippen LogP contribution is -2.46. The van der Waals surface area contributed by atoms with Crippen LogP contribution in [0.2, 0.25) is 0 Å². The van der Waals surface area contributed by atoms with Gasteiger partial charge in [-0.15, -0.1) is 0 Å². The highest BCUT2D eigenvalue weighted by atomic mass is 19.2. The molecule has 0 aliphatic carbocycles. The lowest BCUT2D eigenvalue weighted by molar-refractivity contribution is 0.102. The molecule has 1 fully saturated rings. The van der Waals surface area contributed by atoms with Gasteiger partial charge in [-0.25, -0.2) is 13.8 Å². The van der Waals surface area contributed by atoms with Crippen LogP contribution in [0.4, 0.5) is 20.3 Å². The maximum absolute atomic E-state index is 13.3. The minimum absolute atomic E-state index is 0.0729. The molecular formula is C23H22F2N4O. The molecule has 1 aromatic heterocycles. The second-order valence-electron chi connectivity index (χ2n) is 7.23. The number of nitrogens with zero attached hydrogens (tertiary/aromatic N) is 3. The first-order valence-electron chi connectivity index (χ1n) is 9.82. The van der Waals surface area contributed by atoms with Gasteiger partial charge in [0.15, 0.2) is 11.6 Å². The molecule has 0 atom stereocenters. The van der Waals surface area contributed by atoms with E-state index in [9.17, 15) is 13.6 Å². The summed E-state index contributed by atoms with van der Waals surface area (Å²) in [5.74, 6) is -1.48. The minimum Gasteiger partial charge on any atom is -0.354 e. The van der Waals surface area contributed by atoms with E-state index in [-0.39, 0.29) is 5.56 Å². The lowest BCUT2D eigenvalue weighted by atomic mass is 10.1. The Hall–Kier alpha value is -3.32. The fourth-order valence-electron chi connectivity index (χ4n) is 3.47. The fraction of sp³-hybridized carbons (Fsp3) is 0.217.